The summed E-state index contributed by atoms with van der Waals surface area (Å²) in [7, 11) is 1.34. The summed E-state index contributed by atoms with van der Waals surface area (Å²) in [6.07, 6.45) is 2.58. The highest BCUT2D eigenvalue weighted by atomic mass is 16.5. The number of aromatic nitrogens is 1. The summed E-state index contributed by atoms with van der Waals surface area (Å²) in [5, 5.41) is 12.0. The smallest absolute Gasteiger partial charge is 0.407 e. The van der Waals surface area contributed by atoms with E-state index in [4.69, 9.17) is 0 Å². The molecule has 0 unspecified atom stereocenters. The average molecular weight is 364 g/mol. The van der Waals surface area contributed by atoms with E-state index in [1.54, 1.807) is 35.4 Å². The number of benzene rings is 1. The normalized spacial score (nSPS) is 14.3. The van der Waals surface area contributed by atoms with Gasteiger partial charge in [-0.3, -0.25) is 9.78 Å². The van der Waals surface area contributed by atoms with Crippen LogP contribution in [0.15, 0.2) is 42.6 Å². The molecule has 27 heavy (non-hydrogen) atoms. The first-order chi connectivity index (χ1) is 13.1. The molecule has 1 aliphatic rings. The van der Waals surface area contributed by atoms with Crippen LogP contribution in [-0.2, 0) is 4.74 Å². The van der Waals surface area contributed by atoms with Gasteiger partial charge in [-0.2, -0.15) is 5.26 Å². The van der Waals surface area contributed by atoms with Crippen LogP contribution in [0.3, 0.4) is 0 Å². The molecule has 7 heteroatoms. The largest absolute Gasteiger partial charge is 0.453 e. The lowest BCUT2D eigenvalue weighted by atomic mass is 10.0. The van der Waals surface area contributed by atoms with Crippen molar-refractivity contribution in [1.82, 2.24) is 15.2 Å². The number of methoxy groups -OCH3 is 1. The zero-order chi connectivity index (χ0) is 19.2. The first-order valence-corrected chi connectivity index (χ1v) is 8.71. The van der Waals surface area contributed by atoms with E-state index in [0.29, 0.717) is 42.8 Å². The van der Waals surface area contributed by atoms with E-state index in [0.717, 1.165) is 5.56 Å². The van der Waals surface area contributed by atoms with Crippen molar-refractivity contribution in [2.45, 2.75) is 18.9 Å². The zero-order valence-corrected chi connectivity index (χ0v) is 15.0. The Bertz CT molecular complexity index is 866. The Kier molecular flexibility index (Phi) is 5.67. The molecule has 138 valence electrons. The minimum Gasteiger partial charge on any atom is -0.453 e. The molecule has 0 radical (unpaired) electrons. The van der Waals surface area contributed by atoms with Crippen molar-refractivity contribution >= 4 is 12.0 Å². The molecule has 1 fully saturated rings. The molecule has 1 aromatic carbocycles. The van der Waals surface area contributed by atoms with E-state index < -0.39 is 6.09 Å². The number of pyridine rings is 1. The highest BCUT2D eigenvalue weighted by Crippen LogP contribution is 2.22. The fourth-order valence-corrected chi connectivity index (χ4v) is 3.13. The minimum atomic E-state index is -0.443. The van der Waals surface area contributed by atoms with Gasteiger partial charge in [0.15, 0.2) is 0 Å². The molecule has 7 nitrogen and oxygen atoms in total. The lowest BCUT2D eigenvalue weighted by Gasteiger charge is -2.32. The van der Waals surface area contributed by atoms with Gasteiger partial charge in [0.05, 0.1) is 18.4 Å². The molecule has 1 aliphatic heterocycles. The van der Waals surface area contributed by atoms with Crippen molar-refractivity contribution in [3.8, 4) is 17.3 Å². The Labute approximate surface area is 157 Å². The molecule has 3 rings (SSSR count). The standard InChI is InChI=1S/C20H20N4O3/c1-27-20(26)23-17-8-11-24(12-9-17)19(25)15-6-4-14(5-7-15)18-16(13-21)3-2-10-22-18/h2-7,10,17H,8-9,11-12H2,1H3,(H,23,26). The number of likely N-dealkylation sites (tertiary alicyclic amines) is 1. The van der Waals surface area contributed by atoms with Gasteiger partial charge in [-0.1, -0.05) is 12.1 Å². The van der Waals surface area contributed by atoms with Crippen LogP contribution in [0.1, 0.15) is 28.8 Å². The fraction of sp³-hybridized carbons (Fsp3) is 0.300. The number of nitriles is 1. The van der Waals surface area contributed by atoms with Gasteiger partial charge in [0, 0.05) is 36.5 Å². The molecule has 0 aliphatic carbocycles. The summed E-state index contributed by atoms with van der Waals surface area (Å²) in [6, 6.07) is 12.7. The first-order valence-electron chi connectivity index (χ1n) is 8.71. The van der Waals surface area contributed by atoms with Crippen molar-refractivity contribution in [2.75, 3.05) is 20.2 Å². The van der Waals surface area contributed by atoms with Crippen LogP contribution in [-0.4, -0.2) is 48.1 Å². The molecule has 0 atom stereocenters. The van der Waals surface area contributed by atoms with Gasteiger partial charge in [-0.15, -0.1) is 0 Å². The van der Waals surface area contributed by atoms with Crippen molar-refractivity contribution in [3.05, 3.63) is 53.7 Å². The Balaban J connectivity index is 1.65. The SMILES string of the molecule is COC(=O)NC1CCN(C(=O)c2ccc(-c3ncccc3C#N)cc2)CC1. The maximum Gasteiger partial charge on any atom is 0.407 e. The summed E-state index contributed by atoms with van der Waals surface area (Å²) >= 11 is 0. The summed E-state index contributed by atoms with van der Waals surface area (Å²) in [6.45, 7) is 1.15. The van der Waals surface area contributed by atoms with Crippen LogP contribution in [0.5, 0.6) is 0 Å². The first kappa shape index (κ1) is 18.4. The summed E-state index contributed by atoms with van der Waals surface area (Å²) in [4.78, 5) is 30.0. The molecule has 2 amide bonds. The second-order valence-corrected chi connectivity index (χ2v) is 6.29. The highest BCUT2D eigenvalue weighted by Gasteiger charge is 2.24. The monoisotopic (exact) mass is 364 g/mol. The maximum absolute atomic E-state index is 12.7. The molecular formula is C20H20N4O3. The summed E-state index contributed by atoms with van der Waals surface area (Å²) in [5.74, 6) is -0.0420. The van der Waals surface area contributed by atoms with Crippen LogP contribution in [0, 0.1) is 11.3 Å². The summed E-state index contributed by atoms with van der Waals surface area (Å²) in [5.41, 5.74) is 2.49. The van der Waals surface area contributed by atoms with Gasteiger partial charge >= 0.3 is 6.09 Å². The molecule has 1 N–H and O–H groups in total. The Morgan fingerprint density at radius 1 is 1.22 bits per heavy atom. The van der Waals surface area contributed by atoms with Crippen LogP contribution < -0.4 is 5.32 Å². The topological polar surface area (TPSA) is 95.3 Å². The van der Waals surface area contributed by atoms with Crippen LogP contribution in [0.4, 0.5) is 4.79 Å². The molecular weight excluding hydrogens is 344 g/mol. The van der Waals surface area contributed by atoms with Gasteiger partial charge in [0.1, 0.15) is 6.07 Å². The number of carbonyl (C=O) groups is 2. The number of nitrogens with zero attached hydrogens (tertiary/aromatic N) is 3. The van der Waals surface area contributed by atoms with Gasteiger partial charge in [-0.25, -0.2) is 4.79 Å². The van der Waals surface area contributed by atoms with Crippen LogP contribution >= 0.6 is 0 Å². The number of amides is 2. The number of carbonyl (C=O) groups excluding carboxylic acids is 2. The van der Waals surface area contributed by atoms with Gasteiger partial charge in [0.25, 0.3) is 5.91 Å². The van der Waals surface area contributed by atoms with Crippen LogP contribution in [0.25, 0.3) is 11.3 Å². The molecule has 0 saturated carbocycles. The van der Waals surface area contributed by atoms with Crippen molar-refractivity contribution < 1.29 is 14.3 Å². The third-order valence-electron chi connectivity index (χ3n) is 4.62. The van der Waals surface area contributed by atoms with E-state index in [1.165, 1.54) is 7.11 Å². The molecule has 1 aromatic heterocycles. The van der Waals surface area contributed by atoms with E-state index in [1.807, 2.05) is 12.1 Å². The lowest BCUT2D eigenvalue weighted by Crippen LogP contribution is -2.46. The molecule has 0 bridgehead atoms. The lowest BCUT2D eigenvalue weighted by molar-refractivity contribution is 0.0704. The maximum atomic E-state index is 12.7. The van der Waals surface area contributed by atoms with E-state index >= 15 is 0 Å². The van der Waals surface area contributed by atoms with Gasteiger partial charge in [-0.05, 0) is 37.1 Å². The second kappa shape index (κ2) is 8.32. The third-order valence-corrected chi connectivity index (χ3v) is 4.62. The third kappa shape index (κ3) is 4.23. The van der Waals surface area contributed by atoms with Crippen molar-refractivity contribution in [1.29, 1.82) is 5.26 Å². The Morgan fingerprint density at radius 2 is 1.93 bits per heavy atom. The van der Waals surface area contributed by atoms with E-state index in [2.05, 4.69) is 21.1 Å². The van der Waals surface area contributed by atoms with Crippen LogP contribution in [0.2, 0.25) is 0 Å². The van der Waals surface area contributed by atoms with Gasteiger partial charge < -0.3 is 15.0 Å². The quantitative estimate of drug-likeness (QED) is 0.903. The van der Waals surface area contributed by atoms with E-state index in [9.17, 15) is 14.9 Å². The molecule has 2 heterocycles. The number of ether oxygens (including phenoxy) is 1. The fourth-order valence-electron chi connectivity index (χ4n) is 3.13. The number of nitrogens with one attached hydrogen (secondary N) is 1. The molecule has 2 aromatic rings. The average Bonchev–Trinajstić information content (AvgIpc) is 2.73. The number of piperidine rings is 1. The van der Waals surface area contributed by atoms with Gasteiger partial charge in [0.2, 0.25) is 0 Å². The van der Waals surface area contributed by atoms with Crippen molar-refractivity contribution in [3.63, 3.8) is 0 Å². The summed E-state index contributed by atoms with van der Waals surface area (Å²) < 4.78 is 4.60. The zero-order valence-electron chi connectivity index (χ0n) is 15.0. The Hall–Kier alpha value is -3.40. The van der Waals surface area contributed by atoms with E-state index in [-0.39, 0.29) is 11.9 Å². The minimum absolute atomic E-state index is 0.0254. The molecule has 0 spiro atoms. The number of hydrogen-bond donors (Lipinski definition) is 1. The number of alkyl carbamates (subject to hydrolysis) is 1. The predicted molar refractivity (Wildman–Crippen MR) is 98.9 cm³/mol. The Morgan fingerprint density at radius 3 is 2.56 bits per heavy atom. The number of rotatable bonds is 3. The highest BCUT2D eigenvalue weighted by molar-refractivity contribution is 5.94. The van der Waals surface area contributed by atoms with Crippen molar-refractivity contribution in [2.24, 2.45) is 0 Å². The predicted octanol–water partition coefficient (Wildman–Crippen LogP) is 2.58. The molecule has 1 saturated heterocycles. The number of hydrogen-bond acceptors (Lipinski definition) is 5. The second-order valence-electron chi connectivity index (χ2n) is 6.29.